The van der Waals surface area contributed by atoms with Crippen molar-refractivity contribution in [2.75, 3.05) is 19.8 Å². The first-order valence-electron chi connectivity index (χ1n) is 5.44. The van der Waals surface area contributed by atoms with E-state index >= 15 is 0 Å². The summed E-state index contributed by atoms with van der Waals surface area (Å²) in [5.74, 6) is -0.389. The maximum absolute atomic E-state index is 13.5. The van der Waals surface area contributed by atoms with Crippen LogP contribution in [0.3, 0.4) is 0 Å². The van der Waals surface area contributed by atoms with Crippen molar-refractivity contribution in [2.24, 2.45) is 0 Å². The van der Waals surface area contributed by atoms with Crippen LogP contribution in [0.2, 0.25) is 0 Å². The van der Waals surface area contributed by atoms with Crippen LogP contribution >= 0.6 is 15.9 Å². The highest BCUT2D eigenvalue weighted by Crippen LogP contribution is 2.16. The lowest BCUT2D eigenvalue weighted by atomic mass is 10.0. The molecule has 1 saturated heterocycles. The number of carbonyl (C=O) groups excluding carboxylic acids is 1. The van der Waals surface area contributed by atoms with Gasteiger partial charge in [-0.25, -0.2) is 4.39 Å². The Morgan fingerprint density at radius 3 is 3.12 bits per heavy atom. The van der Waals surface area contributed by atoms with Crippen molar-refractivity contribution in [1.82, 2.24) is 5.32 Å². The Bertz CT molecular complexity index is 419. The number of ether oxygens (including phenoxy) is 1. The summed E-state index contributed by atoms with van der Waals surface area (Å²) in [4.78, 5) is 11.9. The van der Waals surface area contributed by atoms with E-state index < -0.39 is 0 Å². The summed E-state index contributed by atoms with van der Waals surface area (Å²) in [6.45, 7) is 1.65. The van der Waals surface area contributed by atoms with Gasteiger partial charge in [0.25, 0.3) is 0 Å². The van der Waals surface area contributed by atoms with Crippen LogP contribution < -0.4 is 5.32 Å². The Balaban J connectivity index is 2.04. The molecular weight excluding hydrogens is 289 g/mol. The molecule has 1 atom stereocenters. The van der Waals surface area contributed by atoms with E-state index in [0.717, 1.165) is 4.47 Å². The maximum atomic E-state index is 13.5. The zero-order valence-corrected chi connectivity index (χ0v) is 10.8. The molecule has 1 aromatic rings. The second kappa shape index (κ2) is 5.71. The quantitative estimate of drug-likeness (QED) is 0.923. The van der Waals surface area contributed by atoms with Gasteiger partial charge in [0.15, 0.2) is 5.78 Å². The Labute approximate surface area is 107 Å². The fourth-order valence-corrected chi connectivity index (χ4v) is 2.17. The number of ketones is 1. The molecule has 1 fully saturated rings. The Morgan fingerprint density at radius 2 is 2.41 bits per heavy atom. The van der Waals surface area contributed by atoms with E-state index in [9.17, 15) is 9.18 Å². The van der Waals surface area contributed by atoms with Crippen molar-refractivity contribution in [2.45, 2.75) is 12.5 Å². The van der Waals surface area contributed by atoms with Gasteiger partial charge in [0.1, 0.15) is 5.82 Å². The highest BCUT2D eigenvalue weighted by molar-refractivity contribution is 9.10. The van der Waals surface area contributed by atoms with Crippen molar-refractivity contribution in [3.05, 3.63) is 34.1 Å². The number of rotatable bonds is 3. The first kappa shape index (κ1) is 12.7. The van der Waals surface area contributed by atoms with Crippen LogP contribution in [0.5, 0.6) is 0 Å². The van der Waals surface area contributed by atoms with Crippen LogP contribution in [0, 0.1) is 5.82 Å². The van der Waals surface area contributed by atoms with Crippen molar-refractivity contribution >= 4 is 21.7 Å². The molecule has 0 radical (unpaired) electrons. The van der Waals surface area contributed by atoms with Crippen LogP contribution in [0.1, 0.15) is 5.56 Å². The molecule has 0 amide bonds. The van der Waals surface area contributed by atoms with Gasteiger partial charge in [-0.3, -0.25) is 4.79 Å². The molecule has 0 aliphatic carbocycles. The van der Waals surface area contributed by atoms with Crippen LogP contribution in [0.25, 0.3) is 0 Å². The molecule has 0 bridgehead atoms. The van der Waals surface area contributed by atoms with E-state index in [-0.39, 0.29) is 24.1 Å². The third-order valence-electron chi connectivity index (χ3n) is 2.68. The van der Waals surface area contributed by atoms with Gasteiger partial charge < -0.3 is 10.1 Å². The number of carbonyl (C=O) groups is 1. The summed E-state index contributed by atoms with van der Waals surface area (Å²) in [6, 6.07) is 4.29. The normalized spacial score (nSPS) is 20.2. The van der Waals surface area contributed by atoms with E-state index in [1.165, 1.54) is 6.07 Å². The minimum absolute atomic E-state index is 0.0401. The predicted molar refractivity (Wildman–Crippen MR) is 65.4 cm³/mol. The number of benzene rings is 1. The molecular formula is C12H13BrFNO2. The number of hydrogen-bond acceptors (Lipinski definition) is 3. The molecule has 1 aliphatic heterocycles. The summed E-state index contributed by atoms with van der Waals surface area (Å²) in [5.41, 5.74) is 0.414. The van der Waals surface area contributed by atoms with Crippen LogP contribution in [0.15, 0.2) is 22.7 Å². The fraction of sp³-hybridized carbons (Fsp3) is 0.417. The lowest BCUT2D eigenvalue weighted by molar-refractivity contribution is -0.123. The van der Waals surface area contributed by atoms with Crippen LogP contribution in [-0.4, -0.2) is 31.6 Å². The van der Waals surface area contributed by atoms with E-state index in [4.69, 9.17) is 4.74 Å². The lowest BCUT2D eigenvalue weighted by Crippen LogP contribution is -2.47. The first-order chi connectivity index (χ1) is 8.16. The smallest absolute Gasteiger partial charge is 0.156 e. The van der Waals surface area contributed by atoms with Gasteiger partial charge in [-0.05, 0) is 23.8 Å². The lowest BCUT2D eigenvalue weighted by Gasteiger charge is -2.22. The molecule has 17 heavy (non-hydrogen) atoms. The molecule has 1 heterocycles. The molecule has 0 aromatic heterocycles. The minimum Gasteiger partial charge on any atom is -0.378 e. The minimum atomic E-state index is -0.349. The predicted octanol–water partition coefficient (Wildman–Crippen LogP) is 1.69. The number of Topliss-reactive ketones (excluding diaryl/α,β-unsaturated/α-hetero) is 1. The van der Waals surface area contributed by atoms with Gasteiger partial charge in [0.05, 0.1) is 19.3 Å². The summed E-state index contributed by atoms with van der Waals surface area (Å²) in [7, 11) is 0. The molecule has 0 spiro atoms. The van der Waals surface area contributed by atoms with Crippen molar-refractivity contribution < 1.29 is 13.9 Å². The molecule has 5 heteroatoms. The van der Waals surface area contributed by atoms with E-state index in [1.54, 1.807) is 12.1 Å². The summed E-state index contributed by atoms with van der Waals surface area (Å²) in [5, 5.41) is 3.06. The molecule has 1 aliphatic rings. The van der Waals surface area contributed by atoms with Gasteiger partial charge in [0, 0.05) is 17.4 Å². The third kappa shape index (κ3) is 3.34. The SMILES string of the molecule is O=C(Cc1cc(Br)ccc1F)C1COCCN1. The van der Waals surface area contributed by atoms with E-state index in [0.29, 0.717) is 25.3 Å². The summed E-state index contributed by atoms with van der Waals surface area (Å²) >= 11 is 3.26. The van der Waals surface area contributed by atoms with Crippen molar-refractivity contribution in [3.63, 3.8) is 0 Å². The average molecular weight is 302 g/mol. The largest absolute Gasteiger partial charge is 0.378 e. The van der Waals surface area contributed by atoms with Gasteiger partial charge >= 0.3 is 0 Å². The molecule has 0 saturated carbocycles. The molecule has 92 valence electrons. The first-order valence-corrected chi connectivity index (χ1v) is 6.24. The molecule has 1 unspecified atom stereocenters. The highest BCUT2D eigenvalue weighted by atomic mass is 79.9. The second-order valence-electron chi connectivity index (χ2n) is 3.96. The van der Waals surface area contributed by atoms with Gasteiger partial charge in [-0.15, -0.1) is 0 Å². The number of hydrogen-bond donors (Lipinski definition) is 1. The summed E-state index contributed by atoms with van der Waals surface area (Å²) in [6.07, 6.45) is 0.0896. The second-order valence-corrected chi connectivity index (χ2v) is 4.88. The van der Waals surface area contributed by atoms with E-state index in [1.807, 2.05) is 0 Å². The Kier molecular flexibility index (Phi) is 4.25. The van der Waals surface area contributed by atoms with Gasteiger partial charge in [-0.2, -0.15) is 0 Å². The van der Waals surface area contributed by atoms with Crippen molar-refractivity contribution in [1.29, 1.82) is 0 Å². The molecule has 3 nitrogen and oxygen atoms in total. The van der Waals surface area contributed by atoms with E-state index in [2.05, 4.69) is 21.2 Å². The number of nitrogens with one attached hydrogen (secondary N) is 1. The molecule has 1 N–H and O–H groups in total. The number of halogens is 2. The van der Waals surface area contributed by atoms with Crippen LogP contribution in [-0.2, 0) is 16.0 Å². The standard InChI is InChI=1S/C12H13BrFNO2/c13-9-1-2-10(14)8(5-9)6-12(16)11-7-17-4-3-15-11/h1-2,5,11,15H,3-4,6-7H2. The van der Waals surface area contributed by atoms with Crippen molar-refractivity contribution in [3.8, 4) is 0 Å². The highest BCUT2D eigenvalue weighted by Gasteiger charge is 2.22. The number of morpholine rings is 1. The zero-order chi connectivity index (χ0) is 12.3. The third-order valence-corrected chi connectivity index (χ3v) is 3.18. The maximum Gasteiger partial charge on any atom is 0.156 e. The van der Waals surface area contributed by atoms with Crippen LogP contribution in [0.4, 0.5) is 4.39 Å². The molecule has 2 rings (SSSR count). The average Bonchev–Trinajstić information content (AvgIpc) is 2.35. The Hall–Kier alpha value is -0.780. The fourth-order valence-electron chi connectivity index (χ4n) is 1.76. The van der Waals surface area contributed by atoms with Gasteiger partial charge in [0.2, 0.25) is 0 Å². The zero-order valence-electron chi connectivity index (χ0n) is 9.21. The summed E-state index contributed by atoms with van der Waals surface area (Å²) < 4.78 is 19.5. The Morgan fingerprint density at radius 1 is 1.59 bits per heavy atom. The monoisotopic (exact) mass is 301 g/mol. The molecule has 1 aromatic carbocycles. The topological polar surface area (TPSA) is 38.3 Å². The van der Waals surface area contributed by atoms with Gasteiger partial charge in [-0.1, -0.05) is 15.9 Å².